The van der Waals surface area contributed by atoms with Crippen molar-refractivity contribution in [3.8, 4) is 33.8 Å². The van der Waals surface area contributed by atoms with Crippen molar-refractivity contribution >= 4 is 0 Å². The third-order valence-electron chi connectivity index (χ3n) is 13.9. The first-order valence-corrected chi connectivity index (χ1v) is 23.4. The Morgan fingerprint density at radius 2 is 0.889 bits per heavy atom. The van der Waals surface area contributed by atoms with Crippen LogP contribution in [0.2, 0.25) is 0 Å². The Bertz CT molecular complexity index is 2340. The molecule has 63 heavy (non-hydrogen) atoms. The molecule has 0 bridgehead atoms. The summed E-state index contributed by atoms with van der Waals surface area (Å²) in [4.78, 5) is 0. The van der Waals surface area contributed by atoms with Crippen molar-refractivity contribution in [2.75, 3.05) is 39.6 Å². The van der Waals surface area contributed by atoms with Gasteiger partial charge in [-0.2, -0.15) is 0 Å². The fraction of sp³-hybridized carbons (Fsp3) is 0.379. The summed E-state index contributed by atoms with van der Waals surface area (Å²) in [5, 5.41) is 0. The lowest BCUT2D eigenvalue weighted by Crippen LogP contribution is -2.44. The number of rotatable bonds is 22. The van der Waals surface area contributed by atoms with E-state index in [4.69, 9.17) is 23.7 Å². The van der Waals surface area contributed by atoms with Crippen LogP contribution < -0.4 is 4.74 Å². The van der Waals surface area contributed by atoms with E-state index in [1.807, 2.05) is 0 Å². The Labute approximate surface area is 376 Å². The van der Waals surface area contributed by atoms with Gasteiger partial charge in [0.1, 0.15) is 17.1 Å². The zero-order valence-corrected chi connectivity index (χ0v) is 38.4. The van der Waals surface area contributed by atoms with E-state index in [2.05, 4.69) is 187 Å². The molecule has 0 saturated heterocycles. The Morgan fingerprint density at radius 1 is 0.444 bits per heavy atom. The molecule has 0 heterocycles. The second-order valence-electron chi connectivity index (χ2n) is 18.2. The first-order chi connectivity index (χ1) is 30.7. The van der Waals surface area contributed by atoms with Crippen molar-refractivity contribution in [1.82, 2.24) is 0 Å². The number of hydrogen-bond acceptors (Lipinski definition) is 5. The maximum Gasteiger partial charge on any atom is 0.145 e. The Balaban J connectivity index is 0.996. The van der Waals surface area contributed by atoms with Crippen LogP contribution in [0.25, 0.3) is 22.3 Å². The predicted octanol–water partition coefficient (Wildman–Crippen LogP) is 14.3. The minimum atomic E-state index is -0.804. The Kier molecular flexibility index (Phi) is 13.7. The summed E-state index contributed by atoms with van der Waals surface area (Å²) in [5.41, 5.74) is 11.3. The van der Waals surface area contributed by atoms with Crippen LogP contribution in [0.5, 0.6) is 11.5 Å². The molecule has 0 N–H and O–H groups in total. The molecule has 2 aliphatic carbocycles. The molecule has 0 saturated carbocycles. The highest BCUT2D eigenvalue weighted by molar-refractivity contribution is 5.84. The minimum Gasteiger partial charge on any atom is -0.457 e. The summed E-state index contributed by atoms with van der Waals surface area (Å²) >= 11 is 0. The number of fused-ring (bicyclic) bond motifs is 6. The third-order valence-corrected chi connectivity index (χ3v) is 13.9. The number of ether oxygens (including phenoxy) is 5. The molecule has 0 amide bonds. The lowest BCUT2D eigenvalue weighted by Gasteiger charge is -2.49. The Hall–Kier alpha value is -5.04. The van der Waals surface area contributed by atoms with Gasteiger partial charge in [-0.05, 0) is 107 Å². The minimum absolute atomic E-state index is 0.000654. The molecule has 0 radical (unpaired) electrons. The van der Waals surface area contributed by atoms with Gasteiger partial charge in [0.25, 0.3) is 0 Å². The van der Waals surface area contributed by atoms with Gasteiger partial charge in [0.2, 0.25) is 0 Å². The highest BCUT2D eigenvalue weighted by Crippen LogP contribution is 2.63. The molecule has 1 unspecified atom stereocenters. The van der Waals surface area contributed by atoms with E-state index in [-0.39, 0.29) is 16.4 Å². The van der Waals surface area contributed by atoms with E-state index >= 15 is 0 Å². The fourth-order valence-corrected chi connectivity index (χ4v) is 10.8. The van der Waals surface area contributed by atoms with Gasteiger partial charge in [0.05, 0.1) is 50.7 Å². The average molecular weight is 843 g/mol. The van der Waals surface area contributed by atoms with Crippen molar-refractivity contribution in [2.45, 2.75) is 96.7 Å². The summed E-state index contributed by atoms with van der Waals surface area (Å²) in [6.07, 6.45) is 6.70. The highest BCUT2D eigenvalue weighted by atomic mass is 16.6. The van der Waals surface area contributed by atoms with Gasteiger partial charge in [-0.3, -0.25) is 0 Å². The number of unbranched alkanes of at least 4 members (excludes halogenated alkanes) is 1. The summed E-state index contributed by atoms with van der Waals surface area (Å²) in [6, 6.07) is 52.7. The molecule has 2 aliphatic rings. The first-order valence-electron chi connectivity index (χ1n) is 23.4. The topological polar surface area (TPSA) is 46.2 Å². The molecule has 1 atom stereocenters. The van der Waals surface area contributed by atoms with Crippen LogP contribution in [-0.4, -0.2) is 45.2 Å². The van der Waals surface area contributed by atoms with E-state index in [1.54, 1.807) is 0 Å². The van der Waals surface area contributed by atoms with Crippen LogP contribution in [0.1, 0.15) is 113 Å². The normalized spacial score (nSPS) is 15.3. The molecule has 5 nitrogen and oxygen atoms in total. The fourth-order valence-electron chi connectivity index (χ4n) is 10.8. The molecular weight excluding hydrogens is 777 g/mol. The summed E-state index contributed by atoms with van der Waals surface area (Å²) < 4.78 is 31.6. The van der Waals surface area contributed by atoms with E-state index in [1.165, 1.54) is 51.8 Å². The molecule has 0 spiro atoms. The van der Waals surface area contributed by atoms with Crippen LogP contribution in [0, 0.1) is 5.41 Å². The highest BCUT2D eigenvalue weighted by Gasteiger charge is 2.55. The van der Waals surface area contributed by atoms with Gasteiger partial charge in [0, 0.05) is 11.1 Å². The largest absolute Gasteiger partial charge is 0.457 e. The van der Waals surface area contributed by atoms with Crippen LogP contribution in [0.4, 0.5) is 0 Å². The standard InChI is InChI=1S/C58H66O5/c1-7-10-36-55(4,5)61-41-39-59-37-38-60-40-42-62-58(53-25-17-13-21-49(53)50-22-14-18-26-54(50)58)44-29-33-46(34-30-44)63-45-31-27-43(28-32-45)57(56(6,9-3)35-8-2)51-23-15-11-19-47(51)48-20-12-16-24-52(48)57/h11-34H,7-10,35-42H2,1-6H3. The zero-order chi connectivity index (χ0) is 43.9. The molecule has 8 rings (SSSR count). The molecule has 6 aromatic rings. The van der Waals surface area contributed by atoms with Crippen LogP contribution >= 0.6 is 0 Å². The molecule has 0 fully saturated rings. The van der Waals surface area contributed by atoms with E-state index in [0.29, 0.717) is 39.6 Å². The second-order valence-corrected chi connectivity index (χ2v) is 18.2. The van der Waals surface area contributed by atoms with Gasteiger partial charge in [-0.15, -0.1) is 0 Å². The lowest BCUT2D eigenvalue weighted by molar-refractivity contribution is -0.0618. The van der Waals surface area contributed by atoms with Gasteiger partial charge in [0.15, 0.2) is 0 Å². The predicted molar refractivity (Wildman–Crippen MR) is 257 cm³/mol. The first kappa shape index (κ1) is 44.6. The van der Waals surface area contributed by atoms with E-state index < -0.39 is 5.60 Å². The summed E-state index contributed by atoms with van der Waals surface area (Å²) in [7, 11) is 0. The monoisotopic (exact) mass is 842 g/mol. The van der Waals surface area contributed by atoms with Crippen LogP contribution in [0.3, 0.4) is 0 Å². The quantitative estimate of drug-likeness (QED) is 0.0637. The number of benzene rings is 6. The maximum absolute atomic E-state index is 7.05. The van der Waals surface area contributed by atoms with Crippen molar-refractivity contribution in [1.29, 1.82) is 0 Å². The molecule has 0 aliphatic heterocycles. The van der Waals surface area contributed by atoms with Crippen molar-refractivity contribution in [2.24, 2.45) is 5.41 Å². The molecular formula is C58H66O5. The molecule has 6 aromatic carbocycles. The van der Waals surface area contributed by atoms with Gasteiger partial charge < -0.3 is 23.7 Å². The second kappa shape index (κ2) is 19.4. The lowest BCUT2D eigenvalue weighted by atomic mass is 9.53. The average Bonchev–Trinajstić information content (AvgIpc) is 3.78. The van der Waals surface area contributed by atoms with Gasteiger partial charge in [-0.25, -0.2) is 0 Å². The zero-order valence-electron chi connectivity index (χ0n) is 38.4. The van der Waals surface area contributed by atoms with Crippen LogP contribution in [-0.2, 0) is 30.0 Å². The van der Waals surface area contributed by atoms with Crippen molar-refractivity contribution in [3.05, 3.63) is 179 Å². The van der Waals surface area contributed by atoms with Crippen LogP contribution in [0.15, 0.2) is 146 Å². The summed E-state index contributed by atoms with van der Waals surface area (Å²) in [5.74, 6) is 1.58. The molecule has 328 valence electrons. The third kappa shape index (κ3) is 8.42. The number of hydrogen-bond donors (Lipinski definition) is 0. The molecule has 0 aromatic heterocycles. The maximum atomic E-state index is 7.05. The Morgan fingerprint density at radius 3 is 1.38 bits per heavy atom. The van der Waals surface area contributed by atoms with Gasteiger partial charge >= 0.3 is 0 Å². The summed E-state index contributed by atoms with van der Waals surface area (Å²) in [6.45, 7) is 16.7. The van der Waals surface area contributed by atoms with E-state index in [0.717, 1.165) is 53.9 Å². The van der Waals surface area contributed by atoms with Crippen molar-refractivity contribution < 1.29 is 23.7 Å². The smallest absolute Gasteiger partial charge is 0.145 e. The molecule has 5 heteroatoms. The van der Waals surface area contributed by atoms with E-state index in [9.17, 15) is 0 Å². The SMILES string of the molecule is CCCCC(C)(C)OCCOCCOCCOC1(c2ccc(Oc3ccc(C4(C(C)(CC)CCC)c5ccccc5-c5ccccc54)cc3)cc2)c2ccccc2-c2ccccc21. The van der Waals surface area contributed by atoms with Crippen molar-refractivity contribution in [3.63, 3.8) is 0 Å². The van der Waals surface area contributed by atoms with Gasteiger partial charge in [-0.1, -0.05) is 168 Å².